The van der Waals surface area contributed by atoms with Crippen molar-refractivity contribution in [2.45, 2.75) is 13.2 Å². The maximum Gasteiger partial charge on any atom is 0.119 e. The summed E-state index contributed by atoms with van der Waals surface area (Å²) in [5.41, 5.74) is 5.64. The van der Waals surface area contributed by atoms with E-state index in [0.29, 0.717) is 33.2 Å². The van der Waals surface area contributed by atoms with E-state index in [1.807, 2.05) is 36.4 Å². The van der Waals surface area contributed by atoms with Gasteiger partial charge in [-0.05, 0) is 59.7 Å². The first-order chi connectivity index (χ1) is 13.5. The Bertz CT molecular complexity index is 954. The van der Waals surface area contributed by atoms with E-state index in [2.05, 4.69) is 10.5 Å². The van der Waals surface area contributed by atoms with Crippen LogP contribution in [0.25, 0.3) is 0 Å². The Morgan fingerprint density at radius 2 is 1.54 bits per heavy atom. The van der Waals surface area contributed by atoms with E-state index in [-0.39, 0.29) is 0 Å². The van der Waals surface area contributed by atoms with E-state index in [1.54, 1.807) is 30.5 Å². The van der Waals surface area contributed by atoms with Crippen LogP contribution in [0, 0.1) is 0 Å². The van der Waals surface area contributed by atoms with Crippen molar-refractivity contribution >= 4 is 52.6 Å². The summed E-state index contributed by atoms with van der Waals surface area (Å²) in [6.07, 6.45) is 1.72. The molecule has 0 aliphatic heterocycles. The van der Waals surface area contributed by atoms with Gasteiger partial charge in [-0.15, -0.1) is 0 Å². The SMILES string of the molecule is Clc1ccc(COc2ccc(/C=N\NCc3c(Cl)cccc3Cl)cc2)cc1Cl. The zero-order chi connectivity index (χ0) is 19.9. The highest BCUT2D eigenvalue weighted by molar-refractivity contribution is 6.42. The average Bonchev–Trinajstić information content (AvgIpc) is 2.69. The Labute approximate surface area is 183 Å². The van der Waals surface area contributed by atoms with E-state index in [9.17, 15) is 0 Å². The van der Waals surface area contributed by atoms with Crippen LogP contribution >= 0.6 is 46.4 Å². The van der Waals surface area contributed by atoms with Gasteiger partial charge >= 0.3 is 0 Å². The van der Waals surface area contributed by atoms with Crippen LogP contribution in [-0.2, 0) is 13.2 Å². The second kappa shape index (κ2) is 10.0. The van der Waals surface area contributed by atoms with Crippen LogP contribution in [-0.4, -0.2) is 6.21 Å². The lowest BCUT2D eigenvalue weighted by Crippen LogP contribution is -2.06. The second-order valence-electron chi connectivity index (χ2n) is 5.90. The Morgan fingerprint density at radius 1 is 0.821 bits per heavy atom. The van der Waals surface area contributed by atoms with Crippen molar-refractivity contribution in [3.05, 3.63) is 97.4 Å². The molecule has 0 saturated heterocycles. The Morgan fingerprint density at radius 3 is 2.21 bits per heavy atom. The highest BCUT2D eigenvalue weighted by atomic mass is 35.5. The fraction of sp³-hybridized carbons (Fsp3) is 0.0952. The van der Waals surface area contributed by atoms with Gasteiger partial charge in [-0.1, -0.05) is 58.5 Å². The van der Waals surface area contributed by atoms with Crippen LogP contribution in [0.5, 0.6) is 5.75 Å². The highest BCUT2D eigenvalue weighted by Gasteiger charge is 2.04. The van der Waals surface area contributed by atoms with Crippen molar-refractivity contribution in [1.29, 1.82) is 0 Å². The molecule has 3 rings (SSSR count). The molecule has 0 aliphatic carbocycles. The van der Waals surface area contributed by atoms with Crippen LogP contribution in [0.4, 0.5) is 0 Å². The van der Waals surface area contributed by atoms with Crippen LogP contribution in [0.2, 0.25) is 20.1 Å². The molecule has 0 aliphatic rings. The lowest BCUT2D eigenvalue weighted by Gasteiger charge is -2.08. The van der Waals surface area contributed by atoms with Crippen LogP contribution in [0.15, 0.2) is 65.8 Å². The Hall–Kier alpha value is -1.91. The van der Waals surface area contributed by atoms with E-state index >= 15 is 0 Å². The molecule has 1 N–H and O–H groups in total. The lowest BCUT2D eigenvalue weighted by atomic mass is 10.2. The quantitative estimate of drug-likeness (QED) is 0.308. The van der Waals surface area contributed by atoms with Crippen molar-refractivity contribution in [2.75, 3.05) is 0 Å². The third-order valence-corrected chi connectivity index (χ3v) is 5.34. The van der Waals surface area contributed by atoms with Crippen LogP contribution < -0.4 is 10.2 Å². The van der Waals surface area contributed by atoms with Crippen molar-refractivity contribution < 1.29 is 4.74 Å². The van der Waals surface area contributed by atoms with Gasteiger partial charge in [0.15, 0.2) is 0 Å². The molecule has 0 bridgehead atoms. The van der Waals surface area contributed by atoms with E-state index in [0.717, 1.165) is 22.4 Å². The second-order valence-corrected chi connectivity index (χ2v) is 7.53. The topological polar surface area (TPSA) is 33.6 Å². The summed E-state index contributed by atoms with van der Waals surface area (Å²) in [7, 11) is 0. The first kappa shape index (κ1) is 20.8. The minimum Gasteiger partial charge on any atom is -0.489 e. The molecular weight excluding hydrogens is 438 g/mol. The molecule has 0 unspecified atom stereocenters. The number of halogens is 4. The first-order valence-electron chi connectivity index (χ1n) is 8.38. The first-order valence-corrected chi connectivity index (χ1v) is 9.90. The molecule has 0 amide bonds. The summed E-state index contributed by atoms with van der Waals surface area (Å²) in [6, 6.07) is 18.4. The number of ether oxygens (including phenoxy) is 1. The summed E-state index contributed by atoms with van der Waals surface area (Å²) >= 11 is 24.2. The van der Waals surface area contributed by atoms with Gasteiger partial charge in [-0.3, -0.25) is 0 Å². The third-order valence-electron chi connectivity index (χ3n) is 3.89. The van der Waals surface area contributed by atoms with Gasteiger partial charge in [0.1, 0.15) is 12.4 Å². The van der Waals surface area contributed by atoms with Crippen molar-refractivity contribution in [3.63, 3.8) is 0 Å². The maximum atomic E-state index is 6.13. The fourth-order valence-corrected chi connectivity index (χ4v) is 3.24. The van der Waals surface area contributed by atoms with Gasteiger partial charge in [0.25, 0.3) is 0 Å². The Kier molecular flexibility index (Phi) is 7.46. The molecule has 0 saturated carbocycles. The third kappa shape index (κ3) is 5.79. The predicted molar refractivity (Wildman–Crippen MR) is 118 cm³/mol. The number of benzene rings is 3. The highest BCUT2D eigenvalue weighted by Crippen LogP contribution is 2.24. The minimum atomic E-state index is 0.407. The molecule has 28 heavy (non-hydrogen) atoms. The monoisotopic (exact) mass is 452 g/mol. The number of rotatable bonds is 7. The fourth-order valence-electron chi connectivity index (χ4n) is 2.39. The molecule has 0 fully saturated rings. The van der Waals surface area contributed by atoms with Gasteiger partial charge in [-0.25, -0.2) is 0 Å². The number of hydrogen-bond acceptors (Lipinski definition) is 3. The molecule has 0 spiro atoms. The van der Waals surface area contributed by atoms with Gasteiger partial charge in [0, 0.05) is 15.6 Å². The predicted octanol–water partition coefficient (Wildman–Crippen LogP) is 7.00. The number of nitrogens with zero attached hydrogens (tertiary/aromatic N) is 1. The van der Waals surface area contributed by atoms with Gasteiger partial charge in [-0.2, -0.15) is 5.10 Å². The molecule has 0 atom stereocenters. The molecule has 3 aromatic carbocycles. The van der Waals surface area contributed by atoms with E-state index in [1.165, 1.54) is 0 Å². The van der Waals surface area contributed by atoms with Crippen molar-refractivity contribution in [2.24, 2.45) is 5.10 Å². The van der Waals surface area contributed by atoms with E-state index < -0.39 is 0 Å². The summed E-state index contributed by atoms with van der Waals surface area (Å²) in [5, 5.41) is 6.46. The smallest absolute Gasteiger partial charge is 0.119 e. The molecule has 7 heteroatoms. The standard InChI is InChI=1S/C21H16Cl4N2O/c22-18-2-1-3-19(23)17(18)12-27-26-11-14-4-7-16(8-5-14)28-13-15-6-9-20(24)21(25)10-15/h1-11,27H,12-13H2/b26-11-. The van der Waals surface area contributed by atoms with Gasteiger partial charge in [0.05, 0.1) is 22.8 Å². The molecule has 0 aromatic heterocycles. The largest absolute Gasteiger partial charge is 0.489 e. The van der Waals surface area contributed by atoms with Crippen molar-refractivity contribution in [1.82, 2.24) is 5.43 Å². The molecule has 3 nitrogen and oxygen atoms in total. The van der Waals surface area contributed by atoms with Crippen LogP contribution in [0.3, 0.4) is 0 Å². The van der Waals surface area contributed by atoms with Crippen molar-refractivity contribution in [3.8, 4) is 5.75 Å². The lowest BCUT2D eigenvalue weighted by molar-refractivity contribution is 0.306. The zero-order valence-corrected chi connectivity index (χ0v) is 17.7. The summed E-state index contributed by atoms with van der Waals surface area (Å²) in [4.78, 5) is 0. The minimum absolute atomic E-state index is 0.407. The molecule has 0 heterocycles. The van der Waals surface area contributed by atoms with E-state index in [4.69, 9.17) is 51.1 Å². The zero-order valence-electron chi connectivity index (χ0n) is 14.6. The normalized spacial score (nSPS) is 11.0. The van der Waals surface area contributed by atoms with Crippen LogP contribution in [0.1, 0.15) is 16.7 Å². The molecule has 3 aromatic rings. The number of nitrogens with one attached hydrogen (secondary N) is 1. The summed E-state index contributed by atoms with van der Waals surface area (Å²) in [5.74, 6) is 0.749. The summed E-state index contributed by atoms with van der Waals surface area (Å²) < 4.78 is 5.76. The molecule has 144 valence electrons. The number of hydrogen-bond donors (Lipinski definition) is 1. The summed E-state index contributed by atoms with van der Waals surface area (Å²) in [6.45, 7) is 0.852. The Balaban J connectivity index is 1.51. The number of hydrazone groups is 1. The maximum absolute atomic E-state index is 6.13. The molecular formula is C21H16Cl4N2O. The molecule has 0 radical (unpaired) electrons. The van der Waals surface area contributed by atoms with Gasteiger partial charge < -0.3 is 10.2 Å². The van der Waals surface area contributed by atoms with Gasteiger partial charge in [0.2, 0.25) is 0 Å². The average molecular weight is 454 g/mol.